The summed E-state index contributed by atoms with van der Waals surface area (Å²) in [6, 6.07) is 8.90. The zero-order valence-corrected chi connectivity index (χ0v) is 16.5. The maximum absolute atomic E-state index is 13.1. The van der Waals surface area contributed by atoms with Crippen LogP contribution in [0.1, 0.15) is 70.3 Å². The Morgan fingerprint density at radius 2 is 1.74 bits per heavy atom. The van der Waals surface area contributed by atoms with E-state index in [1.165, 1.54) is 24.8 Å². The average molecular weight is 369 g/mol. The first kappa shape index (κ1) is 18.5. The molecule has 2 amide bonds. The summed E-state index contributed by atoms with van der Waals surface area (Å²) < 4.78 is 0. The van der Waals surface area contributed by atoms with Crippen LogP contribution in [0.25, 0.3) is 0 Å². The molecule has 2 aliphatic carbocycles. The fraction of sp³-hybridized carbons (Fsp3) is 0.652. The van der Waals surface area contributed by atoms with E-state index < -0.39 is 0 Å². The molecule has 1 aromatic rings. The molecule has 146 valence electrons. The van der Waals surface area contributed by atoms with Crippen molar-refractivity contribution < 1.29 is 9.59 Å². The summed E-state index contributed by atoms with van der Waals surface area (Å²) in [5, 5.41) is 3.01. The Morgan fingerprint density at radius 3 is 2.41 bits per heavy atom. The third-order valence-electron chi connectivity index (χ3n) is 6.83. The summed E-state index contributed by atoms with van der Waals surface area (Å²) in [6.07, 6.45) is 10.4. The Morgan fingerprint density at radius 1 is 1.07 bits per heavy atom. The van der Waals surface area contributed by atoms with Crippen molar-refractivity contribution in [1.29, 1.82) is 0 Å². The van der Waals surface area contributed by atoms with Crippen molar-refractivity contribution >= 4 is 17.5 Å². The third-order valence-corrected chi connectivity index (χ3v) is 6.83. The topological polar surface area (TPSA) is 49.4 Å². The molecule has 0 unspecified atom stereocenters. The zero-order chi connectivity index (χ0) is 18.8. The summed E-state index contributed by atoms with van der Waals surface area (Å²) in [5.41, 5.74) is 2.11. The standard InChI is InChI=1S/C23H32N2O2/c1-2-16-7-10-19(11-8-16)25(20-12-13-20)22(26)14-9-18-15-17-5-3-4-6-21(17)24-23(18)27/h3-6,16,18-20H,2,7-15H2,1H3,(H,24,27)/t16?,18-,19?/m1/s1. The number of fused-ring (bicyclic) bond motifs is 1. The number of benzene rings is 1. The highest BCUT2D eigenvalue weighted by molar-refractivity contribution is 5.96. The predicted octanol–water partition coefficient (Wildman–Crippen LogP) is 4.54. The summed E-state index contributed by atoms with van der Waals surface area (Å²) in [7, 11) is 0. The van der Waals surface area contributed by atoms with Gasteiger partial charge in [-0.25, -0.2) is 0 Å². The Bertz CT molecular complexity index is 689. The molecule has 4 rings (SSSR count). The number of nitrogens with one attached hydrogen (secondary N) is 1. The molecule has 27 heavy (non-hydrogen) atoms. The first-order valence-electron chi connectivity index (χ1n) is 10.9. The number of rotatable bonds is 6. The molecule has 4 heteroatoms. The fourth-order valence-corrected chi connectivity index (χ4v) is 4.96. The van der Waals surface area contributed by atoms with Crippen LogP contribution in [-0.4, -0.2) is 28.8 Å². The number of carbonyl (C=O) groups is 2. The Labute approximate surface area is 162 Å². The van der Waals surface area contributed by atoms with E-state index in [2.05, 4.69) is 23.2 Å². The second-order valence-electron chi connectivity index (χ2n) is 8.70. The molecule has 2 fully saturated rings. The largest absolute Gasteiger partial charge is 0.337 e. The van der Waals surface area contributed by atoms with Gasteiger partial charge in [-0.2, -0.15) is 0 Å². The van der Waals surface area contributed by atoms with Crippen LogP contribution in [0, 0.1) is 11.8 Å². The zero-order valence-electron chi connectivity index (χ0n) is 16.5. The molecule has 0 bridgehead atoms. The normalized spacial score (nSPS) is 27.6. The average Bonchev–Trinajstić information content (AvgIpc) is 3.52. The van der Waals surface area contributed by atoms with Gasteiger partial charge in [0, 0.05) is 30.1 Å². The Kier molecular flexibility index (Phi) is 5.51. The summed E-state index contributed by atoms with van der Waals surface area (Å²) in [4.78, 5) is 27.7. The Balaban J connectivity index is 1.34. The van der Waals surface area contributed by atoms with Crippen LogP contribution < -0.4 is 5.32 Å². The van der Waals surface area contributed by atoms with Gasteiger partial charge in [-0.3, -0.25) is 9.59 Å². The van der Waals surface area contributed by atoms with Crippen LogP contribution >= 0.6 is 0 Å². The third kappa shape index (κ3) is 4.20. The van der Waals surface area contributed by atoms with Gasteiger partial charge in [-0.15, -0.1) is 0 Å². The van der Waals surface area contributed by atoms with Gasteiger partial charge in [-0.1, -0.05) is 31.5 Å². The molecule has 0 radical (unpaired) electrons. The molecule has 1 heterocycles. The number of nitrogens with zero attached hydrogens (tertiary/aromatic N) is 1. The van der Waals surface area contributed by atoms with Gasteiger partial charge in [-0.05, 0) is 68.9 Å². The van der Waals surface area contributed by atoms with Crippen molar-refractivity contribution in [2.45, 2.75) is 83.2 Å². The van der Waals surface area contributed by atoms with Crippen LogP contribution in [0.5, 0.6) is 0 Å². The van der Waals surface area contributed by atoms with Crippen LogP contribution in [-0.2, 0) is 16.0 Å². The minimum Gasteiger partial charge on any atom is -0.337 e. The lowest BCUT2D eigenvalue weighted by atomic mass is 9.83. The second kappa shape index (κ2) is 8.04. The minimum atomic E-state index is -0.0827. The minimum absolute atomic E-state index is 0.0722. The monoisotopic (exact) mass is 368 g/mol. The molecule has 4 nitrogen and oxygen atoms in total. The second-order valence-corrected chi connectivity index (χ2v) is 8.70. The van der Waals surface area contributed by atoms with Gasteiger partial charge >= 0.3 is 0 Å². The predicted molar refractivity (Wildman–Crippen MR) is 107 cm³/mol. The number of carbonyl (C=O) groups excluding carboxylic acids is 2. The molecular weight excluding hydrogens is 336 g/mol. The van der Waals surface area contributed by atoms with E-state index in [1.54, 1.807) is 0 Å². The number of hydrogen-bond donors (Lipinski definition) is 1. The SMILES string of the molecule is CCC1CCC(N(C(=O)CC[C@@H]2Cc3ccccc3NC2=O)C2CC2)CC1. The molecule has 1 atom stereocenters. The van der Waals surface area contributed by atoms with E-state index in [0.717, 1.165) is 43.7 Å². The van der Waals surface area contributed by atoms with Crippen molar-refractivity contribution in [2.24, 2.45) is 11.8 Å². The molecule has 1 aromatic carbocycles. The van der Waals surface area contributed by atoms with Gasteiger partial charge < -0.3 is 10.2 Å². The fourth-order valence-electron chi connectivity index (χ4n) is 4.96. The van der Waals surface area contributed by atoms with Crippen molar-refractivity contribution in [2.75, 3.05) is 5.32 Å². The molecule has 1 N–H and O–H groups in total. The maximum Gasteiger partial charge on any atom is 0.227 e. The lowest BCUT2D eigenvalue weighted by Crippen LogP contribution is -2.44. The molecule has 0 saturated heterocycles. The van der Waals surface area contributed by atoms with Crippen LogP contribution in [0.15, 0.2) is 24.3 Å². The summed E-state index contributed by atoms with van der Waals surface area (Å²) >= 11 is 0. The van der Waals surface area contributed by atoms with E-state index in [-0.39, 0.29) is 17.7 Å². The molecule has 1 aliphatic heterocycles. The molecule has 3 aliphatic rings. The number of para-hydroxylation sites is 1. The number of anilines is 1. The first-order valence-corrected chi connectivity index (χ1v) is 10.9. The highest BCUT2D eigenvalue weighted by Gasteiger charge is 2.38. The highest BCUT2D eigenvalue weighted by Crippen LogP contribution is 2.37. The smallest absolute Gasteiger partial charge is 0.227 e. The summed E-state index contributed by atoms with van der Waals surface area (Å²) in [5.74, 6) is 1.12. The number of amides is 2. The molecule has 0 aromatic heterocycles. The van der Waals surface area contributed by atoms with Gasteiger partial charge in [0.25, 0.3) is 0 Å². The van der Waals surface area contributed by atoms with E-state index >= 15 is 0 Å². The van der Waals surface area contributed by atoms with E-state index in [1.807, 2.05) is 18.2 Å². The first-order chi connectivity index (χ1) is 13.2. The van der Waals surface area contributed by atoms with E-state index in [4.69, 9.17) is 0 Å². The molecular formula is C23H32N2O2. The van der Waals surface area contributed by atoms with Crippen molar-refractivity contribution in [3.05, 3.63) is 29.8 Å². The van der Waals surface area contributed by atoms with Gasteiger partial charge in [0.1, 0.15) is 0 Å². The van der Waals surface area contributed by atoms with Crippen molar-refractivity contribution in [3.63, 3.8) is 0 Å². The van der Waals surface area contributed by atoms with Crippen LogP contribution in [0.4, 0.5) is 5.69 Å². The van der Waals surface area contributed by atoms with Gasteiger partial charge in [0.05, 0.1) is 0 Å². The van der Waals surface area contributed by atoms with Crippen LogP contribution in [0.2, 0.25) is 0 Å². The van der Waals surface area contributed by atoms with Crippen molar-refractivity contribution in [3.8, 4) is 0 Å². The molecule has 0 spiro atoms. The van der Waals surface area contributed by atoms with E-state index in [9.17, 15) is 9.59 Å². The maximum atomic E-state index is 13.1. The highest BCUT2D eigenvalue weighted by atomic mass is 16.2. The summed E-state index contributed by atoms with van der Waals surface area (Å²) in [6.45, 7) is 2.28. The lowest BCUT2D eigenvalue weighted by molar-refractivity contribution is -0.135. The van der Waals surface area contributed by atoms with E-state index in [0.29, 0.717) is 24.9 Å². The number of hydrogen-bond acceptors (Lipinski definition) is 2. The lowest BCUT2D eigenvalue weighted by Gasteiger charge is -2.37. The van der Waals surface area contributed by atoms with Gasteiger partial charge in [0.2, 0.25) is 11.8 Å². The molecule has 2 saturated carbocycles. The van der Waals surface area contributed by atoms with Crippen LogP contribution in [0.3, 0.4) is 0 Å². The van der Waals surface area contributed by atoms with Gasteiger partial charge in [0.15, 0.2) is 0 Å². The quantitative estimate of drug-likeness (QED) is 0.801. The Hall–Kier alpha value is -1.84. The van der Waals surface area contributed by atoms with Crippen molar-refractivity contribution in [1.82, 2.24) is 4.90 Å².